The maximum atomic E-state index is 13.6. The van der Waals surface area contributed by atoms with Crippen molar-refractivity contribution in [3.05, 3.63) is 34.6 Å². The zero-order valence-electron chi connectivity index (χ0n) is 9.75. The number of thiocarbonyl (C=S) groups is 1. The second-order valence-electron chi connectivity index (χ2n) is 3.88. The Balaban J connectivity index is 2.81. The largest absolute Gasteiger partial charge is 0.392 e. The molecule has 1 aromatic carbocycles. The first-order valence-corrected chi connectivity index (χ1v) is 6.26. The molecule has 0 fully saturated rings. The SMILES string of the molecule is CCCN(CC(N)=S)Cc1c(F)cccc1Cl. The Labute approximate surface area is 112 Å². The summed E-state index contributed by atoms with van der Waals surface area (Å²) in [5, 5.41) is 0.439. The van der Waals surface area contributed by atoms with E-state index in [4.69, 9.17) is 29.6 Å². The van der Waals surface area contributed by atoms with Crippen molar-refractivity contribution in [2.45, 2.75) is 19.9 Å². The highest BCUT2D eigenvalue weighted by molar-refractivity contribution is 7.80. The monoisotopic (exact) mass is 274 g/mol. The maximum Gasteiger partial charge on any atom is 0.129 e. The first-order valence-electron chi connectivity index (χ1n) is 5.48. The molecule has 2 nitrogen and oxygen atoms in total. The topological polar surface area (TPSA) is 29.3 Å². The predicted molar refractivity (Wildman–Crippen MR) is 73.8 cm³/mol. The van der Waals surface area contributed by atoms with Crippen molar-refractivity contribution in [3.63, 3.8) is 0 Å². The van der Waals surface area contributed by atoms with Gasteiger partial charge in [0, 0.05) is 23.7 Å². The third kappa shape index (κ3) is 4.58. The molecule has 2 N–H and O–H groups in total. The van der Waals surface area contributed by atoms with Gasteiger partial charge in [-0.15, -0.1) is 0 Å². The fraction of sp³-hybridized carbons (Fsp3) is 0.417. The minimum atomic E-state index is -0.290. The van der Waals surface area contributed by atoms with E-state index in [2.05, 4.69) is 6.92 Å². The van der Waals surface area contributed by atoms with Crippen LogP contribution in [-0.4, -0.2) is 23.0 Å². The van der Waals surface area contributed by atoms with Crippen LogP contribution in [0.25, 0.3) is 0 Å². The number of hydrogen-bond acceptors (Lipinski definition) is 2. The summed E-state index contributed by atoms with van der Waals surface area (Å²) in [6.07, 6.45) is 0.953. The zero-order valence-corrected chi connectivity index (χ0v) is 11.3. The number of nitrogens with zero attached hydrogens (tertiary/aromatic N) is 1. The van der Waals surface area contributed by atoms with Gasteiger partial charge < -0.3 is 5.73 Å². The van der Waals surface area contributed by atoms with Gasteiger partial charge in [-0.2, -0.15) is 0 Å². The zero-order chi connectivity index (χ0) is 12.8. The summed E-state index contributed by atoms with van der Waals surface area (Å²) in [4.78, 5) is 2.40. The molecule has 5 heteroatoms. The van der Waals surface area contributed by atoms with E-state index in [-0.39, 0.29) is 5.82 Å². The van der Waals surface area contributed by atoms with Crippen LogP contribution in [-0.2, 0) is 6.54 Å². The lowest BCUT2D eigenvalue weighted by Gasteiger charge is -2.21. The van der Waals surface area contributed by atoms with Gasteiger partial charge in [0.2, 0.25) is 0 Å². The smallest absolute Gasteiger partial charge is 0.129 e. The van der Waals surface area contributed by atoms with Crippen molar-refractivity contribution in [2.24, 2.45) is 5.73 Å². The molecule has 0 amide bonds. The molecular weight excluding hydrogens is 259 g/mol. The van der Waals surface area contributed by atoms with Gasteiger partial charge in [-0.3, -0.25) is 4.90 Å². The van der Waals surface area contributed by atoms with E-state index in [9.17, 15) is 4.39 Å². The predicted octanol–water partition coefficient (Wildman–Crippen LogP) is 2.98. The molecule has 17 heavy (non-hydrogen) atoms. The Bertz CT molecular complexity index is 378. The average Bonchev–Trinajstić information content (AvgIpc) is 2.23. The van der Waals surface area contributed by atoms with E-state index in [0.717, 1.165) is 13.0 Å². The normalized spacial score (nSPS) is 10.8. The summed E-state index contributed by atoms with van der Waals surface area (Å²) in [6.45, 7) is 3.77. The van der Waals surface area contributed by atoms with Crippen molar-refractivity contribution < 1.29 is 4.39 Å². The minimum Gasteiger partial charge on any atom is -0.392 e. The van der Waals surface area contributed by atoms with E-state index in [1.165, 1.54) is 6.07 Å². The third-order valence-corrected chi connectivity index (χ3v) is 2.85. The molecule has 0 unspecified atom stereocenters. The van der Waals surface area contributed by atoms with Crippen LogP contribution >= 0.6 is 23.8 Å². The van der Waals surface area contributed by atoms with E-state index in [1.807, 2.05) is 4.90 Å². The Morgan fingerprint density at radius 1 is 1.53 bits per heavy atom. The molecule has 0 atom stereocenters. The number of rotatable bonds is 6. The van der Waals surface area contributed by atoms with Crippen LogP contribution in [0.3, 0.4) is 0 Å². The highest BCUT2D eigenvalue weighted by Crippen LogP contribution is 2.20. The van der Waals surface area contributed by atoms with Crippen LogP contribution < -0.4 is 5.73 Å². The number of nitrogens with two attached hydrogens (primary N) is 1. The number of hydrogen-bond donors (Lipinski definition) is 1. The molecule has 94 valence electrons. The maximum absolute atomic E-state index is 13.6. The molecule has 0 saturated heterocycles. The summed E-state index contributed by atoms with van der Waals surface area (Å²) in [7, 11) is 0. The molecule has 0 aliphatic heterocycles. The van der Waals surface area contributed by atoms with Gasteiger partial charge >= 0.3 is 0 Å². The van der Waals surface area contributed by atoms with E-state index in [1.54, 1.807) is 12.1 Å². The third-order valence-electron chi connectivity index (χ3n) is 2.36. The summed E-state index contributed by atoms with van der Waals surface area (Å²) >= 11 is 10.9. The average molecular weight is 275 g/mol. The molecule has 1 rings (SSSR count). The van der Waals surface area contributed by atoms with Gasteiger partial charge in [0.05, 0.1) is 4.99 Å². The van der Waals surface area contributed by atoms with Gasteiger partial charge in [0.15, 0.2) is 0 Å². The number of benzene rings is 1. The van der Waals surface area contributed by atoms with Crippen LogP contribution in [0.4, 0.5) is 4.39 Å². The van der Waals surface area contributed by atoms with Crippen LogP contribution in [0.1, 0.15) is 18.9 Å². The molecule has 0 heterocycles. The van der Waals surface area contributed by atoms with Gasteiger partial charge in [-0.1, -0.05) is 36.8 Å². The van der Waals surface area contributed by atoms with Crippen molar-refractivity contribution in [3.8, 4) is 0 Å². The molecule has 0 aromatic heterocycles. The van der Waals surface area contributed by atoms with Crippen molar-refractivity contribution >= 4 is 28.8 Å². The van der Waals surface area contributed by atoms with Crippen LogP contribution in [0.5, 0.6) is 0 Å². The second kappa shape index (κ2) is 6.89. The number of halogens is 2. The van der Waals surface area contributed by atoms with Crippen LogP contribution in [0.15, 0.2) is 18.2 Å². The van der Waals surface area contributed by atoms with Crippen molar-refractivity contribution in [2.75, 3.05) is 13.1 Å². The van der Waals surface area contributed by atoms with Crippen molar-refractivity contribution in [1.82, 2.24) is 4.90 Å². The van der Waals surface area contributed by atoms with E-state index < -0.39 is 0 Å². The Morgan fingerprint density at radius 3 is 2.76 bits per heavy atom. The molecular formula is C12H16ClFN2S. The van der Waals surface area contributed by atoms with E-state index in [0.29, 0.717) is 28.7 Å². The standard InChI is InChI=1S/C12H16ClFN2S/c1-2-6-16(8-12(15)17)7-9-10(13)4-3-5-11(9)14/h3-5H,2,6-8H2,1H3,(H2,15,17). The molecule has 0 aliphatic carbocycles. The Hall–Kier alpha value is -0.710. The summed E-state index contributed by atoms with van der Waals surface area (Å²) in [5.74, 6) is -0.290. The molecule has 0 aliphatic rings. The molecule has 0 saturated carbocycles. The van der Waals surface area contributed by atoms with Gasteiger partial charge in [-0.25, -0.2) is 4.39 Å². The van der Waals surface area contributed by atoms with Gasteiger partial charge in [0.25, 0.3) is 0 Å². The quantitative estimate of drug-likeness (QED) is 0.809. The summed E-state index contributed by atoms with van der Waals surface area (Å²) < 4.78 is 13.6. The first-order chi connectivity index (χ1) is 8.04. The van der Waals surface area contributed by atoms with Gasteiger partial charge in [-0.05, 0) is 25.1 Å². The highest BCUT2D eigenvalue weighted by Gasteiger charge is 2.12. The summed E-state index contributed by atoms with van der Waals surface area (Å²) in [6, 6.07) is 4.69. The van der Waals surface area contributed by atoms with Crippen LogP contribution in [0, 0.1) is 5.82 Å². The van der Waals surface area contributed by atoms with Crippen LogP contribution in [0.2, 0.25) is 5.02 Å². The summed E-state index contributed by atoms with van der Waals surface area (Å²) in [5.41, 5.74) is 6.02. The lowest BCUT2D eigenvalue weighted by molar-refractivity contribution is 0.299. The molecule has 0 radical (unpaired) electrons. The van der Waals surface area contributed by atoms with E-state index >= 15 is 0 Å². The minimum absolute atomic E-state index is 0.290. The second-order valence-corrected chi connectivity index (χ2v) is 4.81. The fourth-order valence-electron chi connectivity index (χ4n) is 1.66. The Kier molecular flexibility index (Phi) is 5.82. The lowest BCUT2D eigenvalue weighted by Crippen LogP contribution is -2.33. The fourth-order valence-corrected chi connectivity index (χ4v) is 2.06. The molecule has 1 aromatic rings. The molecule has 0 spiro atoms. The Morgan fingerprint density at radius 2 is 2.24 bits per heavy atom. The first kappa shape index (κ1) is 14.4. The van der Waals surface area contributed by atoms with Gasteiger partial charge in [0.1, 0.15) is 5.82 Å². The van der Waals surface area contributed by atoms with Crippen molar-refractivity contribution in [1.29, 1.82) is 0 Å². The lowest BCUT2D eigenvalue weighted by atomic mass is 10.2. The highest BCUT2D eigenvalue weighted by atomic mass is 35.5. The molecule has 0 bridgehead atoms.